The van der Waals surface area contributed by atoms with Crippen molar-refractivity contribution in [3.05, 3.63) is 314 Å². The maximum atomic E-state index is 12.0. The quantitative estimate of drug-likeness (QED) is 0.159. The Morgan fingerprint density at radius 3 is 0.789 bits per heavy atom. The highest BCUT2D eigenvalue weighted by atomic mass is 15.0. The van der Waals surface area contributed by atoms with Crippen LogP contribution in [0.5, 0.6) is 0 Å². The van der Waals surface area contributed by atoms with Gasteiger partial charge < -0.3 is 27.4 Å². The lowest BCUT2D eigenvalue weighted by atomic mass is 9.96. The third-order valence-corrected chi connectivity index (χ3v) is 20.1. The number of aryl methyl sites for hydroxylation is 1. The predicted octanol–water partition coefficient (Wildman–Crippen LogP) is 22.0. The van der Waals surface area contributed by atoms with Gasteiger partial charge in [-0.15, -0.1) is 0 Å². The minimum atomic E-state index is 0.493. The number of benzene rings is 14. The van der Waals surface area contributed by atoms with Crippen molar-refractivity contribution < 1.29 is 0 Å². The van der Waals surface area contributed by atoms with E-state index in [2.05, 4.69) is 332 Å². The molecule has 6 aromatic heterocycles. The van der Waals surface area contributed by atoms with Gasteiger partial charge in [-0.05, 0) is 164 Å². The van der Waals surface area contributed by atoms with E-state index in [1.165, 1.54) is 43.1 Å². The molecule has 8 nitrogen and oxygen atoms in total. The van der Waals surface area contributed by atoms with Crippen molar-refractivity contribution >= 4 is 131 Å². The van der Waals surface area contributed by atoms with Gasteiger partial charge in [0.2, 0.25) is 0 Å². The maximum absolute atomic E-state index is 12.0. The molecule has 0 spiro atoms. The zero-order valence-electron chi connectivity index (χ0n) is 51.4. The fourth-order valence-corrected chi connectivity index (χ4v) is 16.1. The number of hydrogen-bond donors (Lipinski definition) is 0. The van der Waals surface area contributed by atoms with E-state index < -0.39 is 0 Å². The Labute approximate surface area is 543 Å². The zero-order chi connectivity index (χ0) is 62.7. The van der Waals surface area contributed by atoms with Gasteiger partial charge in [0.25, 0.3) is 0 Å². The van der Waals surface area contributed by atoms with Crippen LogP contribution in [-0.2, 0) is 0 Å². The van der Waals surface area contributed by atoms with Crippen LogP contribution in [0.2, 0.25) is 0 Å². The highest BCUT2D eigenvalue weighted by molar-refractivity contribution is 6.17. The molecule has 0 N–H and O–H groups in total. The van der Waals surface area contributed by atoms with E-state index in [1.807, 2.05) is 12.1 Å². The Kier molecular flexibility index (Phi) is 11.0. The van der Waals surface area contributed by atoms with Crippen molar-refractivity contribution in [3.63, 3.8) is 0 Å². The smallest absolute Gasteiger partial charge is 0.101 e. The summed E-state index contributed by atoms with van der Waals surface area (Å²) >= 11 is 0. The Morgan fingerprint density at radius 1 is 0.232 bits per heavy atom. The molecule has 0 bridgehead atoms. The lowest BCUT2D eigenvalue weighted by Crippen LogP contribution is -2.04. The van der Waals surface area contributed by atoms with Crippen molar-refractivity contribution in [2.75, 3.05) is 0 Å². The van der Waals surface area contributed by atoms with E-state index in [1.54, 1.807) is 0 Å². The van der Waals surface area contributed by atoms with Crippen LogP contribution >= 0.6 is 0 Å². The van der Waals surface area contributed by atoms with Crippen LogP contribution < -0.4 is 0 Å². The molecule has 0 saturated carbocycles. The summed E-state index contributed by atoms with van der Waals surface area (Å²) in [7, 11) is 0. The summed E-state index contributed by atoms with van der Waals surface area (Å²) in [6, 6.07) is 112. The molecular formula is C87H52N8. The van der Waals surface area contributed by atoms with E-state index in [9.17, 15) is 10.5 Å². The van der Waals surface area contributed by atoms with E-state index in [4.69, 9.17) is 0 Å². The van der Waals surface area contributed by atoms with E-state index in [-0.39, 0.29) is 0 Å². The first-order chi connectivity index (χ1) is 47.0. The molecule has 95 heavy (non-hydrogen) atoms. The summed E-state index contributed by atoms with van der Waals surface area (Å²) in [5.74, 6) is 0. The zero-order valence-corrected chi connectivity index (χ0v) is 51.4. The molecule has 0 saturated heterocycles. The Hall–Kier alpha value is -13.1. The molecule has 6 heterocycles. The Balaban J connectivity index is 0.879. The SMILES string of the molecule is Cc1cc(C#N)cc(-c2cc(-n3c4ccc(-n5c6ccccc6c6ccccc65)cc4c4cc(-n5c6ccccc6c6ccccc65)ccc43)c(C#N)cc2-n2c3ccc(-n4c5ccccc5c5ccccc54)cc3c3cc(-n4c5ccccc5c5ccccc54)ccc32)c1. The van der Waals surface area contributed by atoms with Crippen LogP contribution in [0.15, 0.2) is 297 Å². The van der Waals surface area contributed by atoms with Gasteiger partial charge in [-0.1, -0.05) is 152 Å². The Morgan fingerprint density at radius 2 is 0.505 bits per heavy atom. The van der Waals surface area contributed by atoms with E-state index in [0.29, 0.717) is 11.1 Å². The lowest BCUT2D eigenvalue weighted by molar-refractivity contribution is 1.13. The molecule has 20 aromatic rings. The van der Waals surface area contributed by atoms with Crippen molar-refractivity contribution in [2.45, 2.75) is 6.92 Å². The number of fused-ring (bicyclic) bond motifs is 18. The summed E-state index contributed by atoms with van der Waals surface area (Å²) in [5, 5.41) is 36.5. The number of aromatic nitrogens is 6. The number of para-hydroxylation sites is 8. The largest absolute Gasteiger partial charge is 0.309 e. The summed E-state index contributed by atoms with van der Waals surface area (Å²) in [5.41, 5.74) is 22.3. The third-order valence-electron chi connectivity index (χ3n) is 20.1. The molecule has 8 heteroatoms. The number of nitriles is 2. The van der Waals surface area contributed by atoms with Crippen LogP contribution in [-0.4, -0.2) is 27.4 Å². The van der Waals surface area contributed by atoms with Gasteiger partial charge in [-0.2, -0.15) is 10.5 Å². The highest BCUT2D eigenvalue weighted by Gasteiger charge is 2.26. The second-order valence-electron chi connectivity index (χ2n) is 25.2. The second-order valence-corrected chi connectivity index (χ2v) is 25.2. The summed E-state index contributed by atoms with van der Waals surface area (Å²) in [6.45, 7) is 2.05. The van der Waals surface area contributed by atoms with Gasteiger partial charge >= 0.3 is 0 Å². The predicted molar refractivity (Wildman–Crippen MR) is 392 cm³/mol. The third kappa shape index (κ3) is 7.50. The van der Waals surface area contributed by atoms with Gasteiger partial charge in [-0.3, -0.25) is 0 Å². The summed E-state index contributed by atoms with van der Waals surface area (Å²) in [4.78, 5) is 0. The fourth-order valence-electron chi connectivity index (χ4n) is 16.1. The molecule has 0 unspecified atom stereocenters. The van der Waals surface area contributed by atoms with Crippen molar-refractivity contribution in [3.8, 4) is 57.4 Å². The van der Waals surface area contributed by atoms with Gasteiger partial charge in [0, 0.05) is 92.9 Å². The Bertz CT molecular complexity index is 6280. The number of nitrogens with zero attached hydrogens (tertiary/aromatic N) is 8. The second kappa shape index (κ2) is 19.9. The average molecular weight is 1210 g/mol. The van der Waals surface area contributed by atoms with Crippen molar-refractivity contribution in [1.29, 1.82) is 10.5 Å². The topological polar surface area (TPSA) is 77.2 Å². The van der Waals surface area contributed by atoms with Gasteiger partial charge in [0.15, 0.2) is 0 Å². The molecular weight excluding hydrogens is 1160 g/mol. The van der Waals surface area contributed by atoms with Gasteiger partial charge in [0.05, 0.1) is 94.8 Å². The fraction of sp³-hybridized carbons (Fsp3) is 0.0115. The lowest BCUT2D eigenvalue weighted by Gasteiger charge is -2.19. The maximum Gasteiger partial charge on any atom is 0.101 e. The highest BCUT2D eigenvalue weighted by Crippen LogP contribution is 2.46. The first-order valence-corrected chi connectivity index (χ1v) is 32.2. The first kappa shape index (κ1) is 52.6. The molecule has 0 radical (unpaired) electrons. The molecule has 0 aliphatic heterocycles. The standard InChI is InChI=1S/C87H52N8/c1-53-42-54(51-88)44-55(43-53)69-50-86(94-82-38-34-57(90-74-26-10-2-18-61(74)62-19-3-11-27-75(62)90)46-70(82)71-47-58(35-39-83(71)94)91-76-28-12-4-20-63(76)64-21-5-13-29-77(64)91)56(52-89)45-87(69)95-84-40-36-59(92-78-30-14-6-22-65(78)66-23-7-15-31-79(66)92)48-72(84)73-49-60(37-41-85(73)95)93-80-32-16-8-24-67(80)68-25-9-17-33-81(68)93/h2-50H,1H3. The van der Waals surface area contributed by atoms with Gasteiger partial charge in [-0.25, -0.2) is 0 Å². The molecule has 0 aliphatic carbocycles. The summed E-state index contributed by atoms with van der Waals surface area (Å²) < 4.78 is 14.2. The van der Waals surface area contributed by atoms with Crippen molar-refractivity contribution in [2.24, 2.45) is 0 Å². The average Bonchev–Trinajstić information content (AvgIpc) is 1.75. The minimum Gasteiger partial charge on any atom is -0.309 e. The molecule has 440 valence electrons. The normalized spacial score (nSPS) is 12.0. The van der Waals surface area contributed by atoms with Gasteiger partial charge in [0.1, 0.15) is 6.07 Å². The first-order valence-electron chi connectivity index (χ1n) is 32.2. The molecule has 14 aromatic carbocycles. The molecule has 0 atom stereocenters. The van der Waals surface area contributed by atoms with Crippen LogP contribution in [0, 0.1) is 29.6 Å². The van der Waals surface area contributed by atoms with Crippen LogP contribution in [0.4, 0.5) is 0 Å². The molecule has 0 aliphatic rings. The van der Waals surface area contributed by atoms with Crippen LogP contribution in [0.1, 0.15) is 16.7 Å². The summed E-state index contributed by atoms with van der Waals surface area (Å²) in [6.07, 6.45) is 0. The minimum absolute atomic E-state index is 0.493. The van der Waals surface area contributed by atoms with Crippen LogP contribution in [0.25, 0.3) is 176 Å². The van der Waals surface area contributed by atoms with Crippen LogP contribution in [0.3, 0.4) is 0 Å². The monoisotopic (exact) mass is 1210 g/mol. The van der Waals surface area contributed by atoms with E-state index in [0.717, 1.165) is 139 Å². The molecule has 0 fully saturated rings. The van der Waals surface area contributed by atoms with E-state index >= 15 is 0 Å². The van der Waals surface area contributed by atoms with Crippen molar-refractivity contribution in [1.82, 2.24) is 27.4 Å². The molecule has 0 amide bonds. The molecule has 20 rings (SSSR count). The number of rotatable bonds is 7. The number of hydrogen-bond acceptors (Lipinski definition) is 2.